The summed E-state index contributed by atoms with van der Waals surface area (Å²) in [7, 11) is -2.21. The van der Waals surface area contributed by atoms with Gasteiger partial charge in [0.25, 0.3) is 0 Å². The molecular formula is C29H33N3O4S. The van der Waals surface area contributed by atoms with Gasteiger partial charge >= 0.3 is 0 Å². The monoisotopic (exact) mass is 519 g/mol. The second kappa shape index (κ2) is 10.6. The van der Waals surface area contributed by atoms with Gasteiger partial charge in [-0.15, -0.1) is 0 Å². The van der Waals surface area contributed by atoms with E-state index in [-0.39, 0.29) is 29.8 Å². The number of methoxy groups -OCH3 is 1. The van der Waals surface area contributed by atoms with E-state index in [2.05, 4.69) is 24.0 Å². The number of para-hydroxylation sites is 1. The lowest BCUT2D eigenvalue weighted by Gasteiger charge is -2.38. The Hall–Kier alpha value is -3.36. The number of benzene rings is 3. The van der Waals surface area contributed by atoms with Crippen molar-refractivity contribution in [2.45, 2.75) is 17.7 Å². The zero-order chi connectivity index (χ0) is 26.0. The number of carbonyl (C=O) groups excluding carboxylic acids is 1. The first-order valence-electron chi connectivity index (χ1n) is 12.7. The van der Waals surface area contributed by atoms with Gasteiger partial charge in [0, 0.05) is 50.9 Å². The van der Waals surface area contributed by atoms with Crippen molar-refractivity contribution in [3.63, 3.8) is 0 Å². The molecule has 1 amide bonds. The predicted octanol–water partition coefficient (Wildman–Crippen LogP) is 3.76. The minimum Gasteiger partial charge on any atom is -0.497 e. The zero-order valence-corrected chi connectivity index (χ0v) is 22.1. The maximum atomic E-state index is 13.9. The number of aryl methyl sites for hydroxylation is 1. The number of anilines is 1. The quantitative estimate of drug-likeness (QED) is 0.496. The summed E-state index contributed by atoms with van der Waals surface area (Å²) in [5, 5.41) is 0. The summed E-state index contributed by atoms with van der Waals surface area (Å²) in [6.07, 6.45) is 0. The fourth-order valence-electron chi connectivity index (χ4n) is 5.47. The minimum atomic E-state index is -3.75. The number of piperazine rings is 1. The summed E-state index contributed by atoms with van der Waals surface area (Å²) in [4.78, 5) is 18.3. The molecule has 3 aromatic rings. The highest BCUT2D eigenvalue weighted by molar-refractivity contribution is 7.89. The van der Waals surface area contributed by atoms with Crippen molar-refractivity contribution in [1.29, 1.82) is 0 Å². The van der Waals surface area contributed by atoms with E-state index in [4.69, 9.17) is 4.74 Å². The van der Waals surface area contributed by atoms with Crippen LogP contribution in [-0.4, -0.2) is 69.9 Å². The molecule has 2 fully saturated rings. The van der Waals surface area contributed by atoms with Crippen LogP contribution in [0.1, 0.15) is 17.0 Å². The summed E-state index contributed by atoms with van der Waals surface area (Å²) in [5.74, 6) is 0.00250. The average Bonchev–Trinajstić information content (AvgIpc) is 3.40. The van der Waals surface area contributed by atoms with Gasteiger partial charge in [-0.25, -0.2) is 8.42 Å². The number of hydrogen-bond donors (Lipinski definition) is 0. The zero-order valence-electron chi connectivity index (χ0n) is 21.3. The van der Waals surface area contributed by atoms with Crippen LogP contribution in [0.3, 0.4) is 0 Å². The Balaban J connectivity index is 1.36. The third-order valence-electron chi connectivity index (χ3n) is 7.58. The largest absolute Gasteiger partial charge is 0.497 e. The Morgan fingerprint density at radius 2 is 1.49 bits per heavy atom. The van der Waals surface area contributed by atoms with Crippen LogP contribution in [0.4, 0.5) is 5.69 Å². The molecule has 2 aliphatic heterocycles. The first kappa shape index (κ1) is 25.3. The SMILES string of the molecule is COc1ccc(S(=O)(=O)N2CC(C(=O)N3CCN(c4ccccc4C)CC3)C(c3ccccc3)C2)cc1. The van der Waals surface area contributed by atoms with E-state index in [0.29, 0.717) is 18.8 Å². The fourth-order valence-corrected chi connectivity index (χ4v) is 6.96. The molecule has 8 heteroatoms. The Bertz CT molecular complexity index is 1340. The number of nitrogens with zero attached hydrogens (tertiary/aromatic N) is 3. The van der Waals surface area contributed by atoms with Crippen molar-refractivity contribution >= 4 is 21.6 Å². The van der Waals surface area contributed by atoms with Crippen LogP contribution in [0.15, 0.2) is 83.8 Å². The van der Waals surface area contributed by atoms with Gasteiger partial charge in [0.05, 0.1) is 17.9 Å². The molecule has 0 saturated carbocycles. The van der Waals surface area contributed by atoms with Crippen LogP contribution in [0.2, 0.25) is 0 Å². The van der Waals surface area contributed by atoms with Gasteiger partial charge in [0.2, 0.25) is 15.9 Å². The molecule has 2 saturated heterocycles. The standard InChI is InChI=1S/C29H33N3O4S/c1-22-8-6-7-11-28(22)30-16-18-31(19-17-30)29(33)27-21-32(20-26(27)23-9-4-3-5-10-23)37(34,35)25-14-12-24(36-2)13-15-25/h3-15,26-27H,16-21H2,1-2H3. The van der Waals surface area contributed by atoms with Gasteiger partial charge in [-0.3, -0.25) is 4.79 Å². The summed E-state index contributed by atoms with van der Waals surface area (Å²) in [6, 6.07) is 24.5. The number of carbonyl (C=O) groups is 1. The van der Waals surface area contributed by atoms with Crippen molar-refractivity contribution in [2.24, 2.45) is 5.92 Å². The highest BCUT2D eigenvalue weighted by Crippen LogP contribution is 2.37. The number of rotatable bonds is 6. The molecule has 3 aromatic carbocycles. The van der Waals surface area contributed by atoms with Crippen LogP contribution >= 0.6 is 0 Å². The normalized spacial score (nSPS) is 20.7. The summed E-state index contributed by atoms with van der Waals surface area (Å²) in [5.41, 5.74) is 3.42. The average molecular weight is 520 g/mol. The Morgan fingerprint density at radius 3 is 2.14 bits per heavy atom. The van der Waals surface area contributed by atoms with E-state index in [1.165, 1.54) is 15.6 Å². The number of sulfonamides is 1. The van der Waals surface area contributed by atoms with Crippen molar-refractivity contribution in [1.82, 2.24) is 9.21 Å². The van der Waals surface area contributed by atoms with Gasteiger partial charge in [-0.05, 0) is 48.4 Å². The third-order valence-corrected chi connectivity index (χ3v) is 9.42. The molecule has 7 nitrogen and oxygen atoms in total. The number of ether oxygens (including phenoxy) is 1. The maximum absolute atomic E-state index is 13.9. The summed E-state index contributed by atoms with van der Waals surface area (Å²) >= 11 is 0. The molecule has 0 aromatic heterocycles. The summed E-state index contributed by atoms with van der Waals surface area (Å²) < 4.78 is 33.7. The molecule has 5 rings (SSSR count). The van der Waals surface area contributed by atoms with E-state index in [0.717, 1.165) is 18.7 Å². The predicted molar refractivity (Wildman–Crippen MR) is 144 cm³/mol. The second-order valence-electron chi connectivity index (χ2n) is 9.72. The minimum absolute atomic E-state index is 0.0331. The van der Waals surface area contributed by atoms with Gasteiger partial charge < -0.3 is 14.5 Å². The molecule has 0 aliphatic carbocycles. The van der Waals surface area contributed by atoms with Crippen LogP contribution < -0.4 is 9.64 Å². The van der Waals surface area contributed by atoms with Crippen molar-refractivity contribution < 1.29 is 17.9 Å². The molecular weight excluding hydrogens is 486 g/mol. The van der Waals surface area contributed by atoms with Crippen molar-refractivity contribution in [3.8, 4) is 5.75 Å². The molecule has 2 unspecified atom stereocenters. The highest BCUT2D eigenvalue weighted by atomic mass is 32.2. The Labute approximate surface area is 219 Å². The van der Waals surface area contributed by atoms with Gasteiger partial charge in [-0.2, -0.15) is 4.31 Å². The van der Waals surface area contributed by atoms with E-state index in [1.807, 2.05) is 47.4 Å². The van der Waals surface area contributed by atoms with Crippen molar-refractivity contribution in [3.05, 3.63) is 90.0 Å². The van der Waals surface area contributed by atoms with Crippen LogP contribution in [0, 0.1) is 12.8 Å². The molecule has 2 heterocycles. The summed E-state index contributed by atoms with van der Waals surface area (Å²) in [6.45, 7) is 5.31. The van der Waals surface area contributed by atoms with Crippen LogP contribution in [0.25, 0.3) is 0 Å². The lowest BCUT2D eigenvalue weighted by atomic mass is 9.88. The Morgan fingerprint density at radius 1 is 0.838 bits per heavy atom. The van der Waals surface area contributed by atoms with E-state index >= 15 is 0 Å². The highest BCUT2D eigenvalue weighted by Gasteiger charge is 2.45. The van der Waals surface area contributed by atoms with Gasteiger partial charge in [0.1, 0.15) is 5.75 Å². The van der Waals surface area contributed by atoms with E-state index < -0.39 is 15.9 Å². The molecule has 194 valence electrons. The molecule has 0 spiro atoms. The fraction of sp³-hybridized carbons (Fsp3) is 0.345. The first-order valence-corrected chi connectivity index (χ1v) is 14.1. The third kappa shape index (κ3) is 5.08. The molecule has 37 heavy (non-hydrogen) atoms. The number of hydrogen-bond acceptors (Lipinski definition) is 5. The molecule has 2 atom stereocenters. The molecule has 0 bridgehead atoms. The van der Waals surface area contributed by atoms with Crippen molar-refractivity contribution in [2.75, 3.05) is 51.3 Å². The molecule has 2 aliphatic rings. The maximum Gasteiger partial charge on any atom is 0.243 e. The first-order chi connectivity index (χ1) is 17.9. The second-order valence-corrected chi connectivity index (χ2v) is 11.7. The number of amides is 1. The van der Waals surface area contributed by atoms with Gasteiger partial charge in [0.15, 0.2) is 0 Å². The topological polar surface area (TPSA) is 70.2 Å². The smallest absolute Gasteiger partial charge is 0.243 e. The van der Waals surface area contributed by atoms with E-state index in [9.17, 15) is 13.2 Å². The van der Waals surface area contributed by atoms with Crippen LogP contribution in [-0.2, 0) is 14.8 Å². The molecule has 0 radical (unpaired) electrons. The van der Waals surface area contributed by atoms with Gasteiger partial charge in [-0.1, -0.05) is 48.5 Å². The Kier molecular flexibility index (Phi) is 7.22. The lowest BCUT2D eigenvalue weighted by Crippen LogP contribution is -2.51. The van der Waals surface area contributed by atoms with Crippen LogP contribution in [0.5, 0.6) is 5.75 Å². The lowest BCUT2D eigenvalue weighted by molar-refractivity contribution is -0.135. The van der Waals surface area contributed by atoms with E-state index in [1.54, 1.807) is 31.4 Å². The molecule has 0 N–H and O–H groups in total.